The van der Waals surface area contributed by atoms with Gasteiger partial charge in [-0.2, -0.15) is 6.07 Å². The molecular formula is C70H65N4OPt-3. The molecule has 0 fully saturated rings. The maximum absolute atomic E-state index is 7.03. The summed E-state index contributed by atoms with van der Waals surface area (Å²) in [7, 11) is 0. The second-order valence-electron chi connectivity index (χ2n) is 23.2. The fourth-order valence-electron chi connectivity index (χ4n) is 10.4. The van der Waals surface area contributed by atoms with Crippen LogP contribution in [0.3, 0.4) is 0 Å². The van der Waals surface area contributed by atoms with Crippen LogP contribution in [0, 0.1) is 18.8 Å². The molecule has 1 aliphatic heterocycles. The standard InChI is InChI=1S/C70H65N4O.Pt/c1-67(2,3)53-35-36-71-66(43-53)74-63-34-31-54(69(7,8)51-27-19-13-20-28-51)42-62(63)61-33-32-59(45-64(61)74)75-60-38-50(48-23-15-11-16-24-48)37-58(44-60)73-47-72(46-65(73)49-25-17-12-18-26-49)57-40-55(68(4,5)6)39-56(41-57)70(9,10)52-29-21-14-22-30-52;/h11-43,46-47H,1-10H3;/q-3;. The van der Waals surface area contributed by atoms with Crippen molar-refractivity contribution in [3.8, 4) is 28.4 Å². The van der Waals surface area contributed by atoms with Gasteiger partial charge in [0.25, 0.3) is 0 Å². The minimum Gasteiger partial charge on any atom is -0.509 e. The predicted molar refractivity (Wildman–Crippen MR) is 313 cm³/mol. The molecule has 5 nitrogen and oxygen atoms in total. The van der Waals surface area contributed by atoms with E-state index in [2.05, 4.69) is 297 Å². The molecule has 6 heteroatoms. The SMILES string of the molecule is CC(C)(C)c1cc(N2C=C(c3ccccc3)N(c3[c-]c(Oc4[c-]c5c(cc4)c4cc(C(C)(C)c6ccccc6)ccc4n5-c4cc(C(C)(C)C)ccn4)cc(-c4ccccc4)c3)[CH-]2)cc(C(C)(C)c2ccccc2)c1.[Pt]. The van der Waals surface area contributed by atoms with Crippen LogP contribution >= 0.6 is 0 Å². The maximum atomic E-state index is 7.03. The third-order valence-electron chi connectivity index (χ3n) is 15.3. The van der Waals surface area contributed by atoms with Crippen LogP contribution in [0.5, 0.6) is 11.5 Å². The first-order chi connectivity index (χ1) is 35.9. The average Bonchev–Trinajstić information content (AvgIpc) is 4.07. The summed E-state index contributed by atoms with van der Waals surface area (Å²) >= 11 is 0. The molecule has 11 rings (SSSR count). The van der Waals surface area contributed by atoms with Gasteiger partial charge in [-0.3, -0.25) is 0 Å². The third-order valence-corrected chi connectivity index (χ3v) is 15.3. The van der Waals surface area contributed by atoms with Crippen molar-refractivity contribution < 1.29 is 25.8 Å². The van der Waals surface area contributed by atoms with Gasteiger partial charge in [0.1, 0.15) is 5.82 Å². The number of rotatable bonds is 11. The summed E-state index contributed by atoms with van der Waals surface area (Å²) in [5.41, 5.74) is 14.9. The molecule has 1 aliphatic rings. The van der Waals surface area contributed by atoms with Crippen LogP contribution in [0.15, 0.2) is 207 Å². The van der Waals surface area contributed by atoms with Crippen LogP contribution in [0.2, 0.25) is 0 Å². The Hall–Kier alpha value is -7.46. The smallest absolute Gasteiger partial charge is 0.135 e. The summed E-state index contributed by atoms with van der Waals surface area (Å²) in [6.07, 6.45) is 4.17. The van der Waals surface area contributed by atoms with E-state index in [1.54, 1.807) is 0 Å². The normalized spacial score (nSPS) is 13.3. The molecule has 0 N–H and O–H groups in total. The molecule has 3 heterocycles. The molecule has 76 heavy (non-hydrogen) atoms. The van der Waals surface area contributed by atoms with E-state index in [-0.39, 0.29) is 42.7 Å². The largest absolute Gasteiger partial charge is 0.509 e. The van der Waals surface area contributed by atoms with Gasteiger partial charge < -0.3 is 19.1 Å². The van der Waals surface area contributed by atoms with Crippen molar-refractivity contribution in [2.45, 2.75) is 90.9 Å². The second-order valence-corrected chi connectivity index (χ2v) is 23.2. The van der Waals surface area contributed by atoms with Gasteiger partial charge in [-0.15, -0.1) is 53.6 Å². The zero-order valence-corrected chi connectivity index (χ0v) is 47.5. The van der Waals surface area contributed by atoms with Crippen LogP contribution in [0.25, 0.3) is 44.4 Å². The van der Waals surface area contributed by atoms with Gasteiger partial charge in [-0.1, -0.05) is 214 Å². The van der Waals surface area contributed by atoms with Gasteiger partial charge in [0.2, 0.25) is 0 Å². The zero-order valence-electron chi connectivity index (χ0n) is 45.2. The van der Waals surface area contributed by atoms with Gasteiger partial charge in [0, 0.05) is 66.5 Å². The van der Waals surface area contributed by atoms with Crippen molar-refractivity contribution in [3.63, 3.8) is 0 Å². The van der Waals surface area contributed by atoms with E-state index in [0.717, 1.165) is 61.4 Å². The summed E-state index contributed by atoms with van der Waals surface area (Å²) in [4.78, 5) is 9.52. The van der Waals surface area contributed by atoms with Crippen LogP contribution in [0.4, 0.5) is 11.4 Å². The number of nitrogens with zero attached hydrogens (tertiary/aromatic N) is 4. The zero-order chi connectivity index (χ0) is 52.3. The van der Waals surface area contributed by atoms with Crippen LogP contribution in [0.1, 0.15) is 108 Å². The van der Waals surface area contributed by atoms with Gasteiger partial charge in [-0.05, 0) is 97.3 Å². The summed E-state index contributed by atoms with van der Waals surface area (Å²) in [5, 5.41) is 2.21. The number of aromatic nitrogens is 2. The number of ether oxygens (including phenoxy) is 1. The number of hydrogen-bond donors (Lipinski definition) is 0. The number of benzene rings is 8. The van der Waals surface area contributed by atoms with E-state index in [1.165, 1.54) is 33.4 Å². The van der Waals surface area contributed by atoms with Crippen molar-refractivity contribution in [1.82, 2.24) is 9.55 Å². The van der Waals surface area contributed by atoms with Crippen molar-refractivity contribution in [1.29, 1.82) is 0 Å². The molecule has 0 amide bonds. The summed E-state index contributed by atoms with van der Waals surface area (Å²) in [6.45, 7) is 25.0. The topological polar surface area (TPSA) is 33.5 Å². The van der Waals surface area contributed by atoms with Crippen LogP contribution < -0.4 is 14.5 Å². The van der Waals surface area contributed by atoms with E-state index < -0.39 is 0 Å². The fraction of sp³-hybridized carbons (Fsp3) is 0.200. The fourth-order valence-corrected chi connectivity index (χ4v) is 10.4. The molecule has 0 atom stereocenters. The Morgan fingerprint density at radius 3 is 1.68 bits per heavy atom. The van der Waals surface area contributed by atoms with E-state index in [9.17, 15) is 0 Å². The molecule has 8 aromatic carbocycles. The molecule has 384 valence electrons. The molecule has 0 aliphatic carbocycles. The first kappa shape index (κ1) is 52.0. The van der Waals surface area contributed by atoms with E-state index in [1.807, 2.05) is 12.3 Å². The first-order valence-electron chi connectivity index (χ1n) is 26.2. The Morgan fingerprint density at radius 2 is 1.05 bits per heavy atom. The Morgan fingerprint density at radius 1 is 0.461 bits per heavy atom. The molecule has 0 saturated heterocycles. The molecule has 10 aromatic rings. The van der Waals surface area contributed by atoms with E-state index in [0.29, 0.717) is 11.5 Å². The number of anilines is 2. The number of fused-ring (bicyclic) bond motifs is 3. The Balaban J connectivity index is 0.00000657. The predicted octanol–water partition coefficient (Wildman–Crippen LogP) is 17.9. The Bertz CT molecular complexity index is 3730. The molecule has 0 radical (unpaired) electrons. The minimum absolute atomic E-state index is 0. The first-order valence-corrected chi connectivity index (χ1v) is 26.2. The summed E-state index contributed by atoms with van der Waals surface area (Å²) in [5.74, 6) is 1.99. The Labute approximate surface area is 464 Å². The number of pyridine rings is 1. The molecule has 0 saturated carbocycles. The summed E-state index contributed by atoms with van der Waals surface area (Å²) < 4.78 is 9.28. The van der Waals surface area contributed by atoms with Gasteiger partial charge >= 0.3 is 0 Å². The monoisotopic (exact) mass is 1170 g/mol. The quantitative estimate of drug-likeness (QED) is 0.121. The second kappa shape index (κ2) is 20.2. The average molecular weight is 1170 g/mol. The third kappa shape index (κ3) is 10.1. The minimum atomic E-state index is -0.240. The molecule has 0 bridgehead atoms. The van der Waals surface area contributed by atoms with E-state index in [4.69, 9.17) is 9.72 Å². The number of hydrogen-bond acceptors (Lipinski definition) is 4. The molecule has 0 unspecified atom stereocenters. The van der Waals surface area contributed by atoms with Crippen molar-refractivity contribution in [3.05, 3.63) is 264 Å². The molecular weight excluding hydrogens is 1110 g/mol. The van der Waals surface area contributed by atoms with Crippen LogP contribution in [-0.4, -0.2) is 9.55 Å². The van der Waals surface area contributed by atoms with Gasteiger partial charge in [-0.25, -0.2) is 4.98 Å². The van der Waals surface area contributed by atoms with Crippen molar-refractivity contribution in [2.75, 3.05) is 9.80 Å². The molecule has 2 aromatic heterocycles. The van der Waals surface area contributed by atoms with Crippen molar-refractivity contribution in [2.24, 2.45) is 0 Å². The van der Waals surface area contributed by atoms with Gasteiger partial charge in [0.05, 0.1) is 0 Å². The van der Waals surface area contributed by atoms with Crippen LogP contribution in [-0.2, 0) is 42.7 Å². The molecule has 0 spiro atoms. The van der Waals surface area contributed by atoms with E-state index >= 15 is 0 Å². The van der Waals surface area contributed by atoms with Gasteiger partial charge in [0.15, 0.2) is 0 Å². The van der Waals surface area contributed by atoms with Crippen molar-refractivity contribution >= 4 is 38.9 Å². The maximum Gasteiger partial charge on any atom is 0.135 e. The summed E-state index contributed by atoms with van der Waals surface area (Å²) in [6, 6.07) is 77.0. The Kier molecular flexibility index (Phi) is 13.9.